The smallest absolute Gasteiger partial charge is 0.269 e. The van der Waals surface area contributed by atoms with Gasteiger partial charge in [-0.25, -0.2) is 0 Å². The van der Waals surface area contributed by atoms with E-state index in [2.05, 4.69) is 0 Å². The van der Waals surface area contributed by atoms with Crippen LogP contribution < -0.4 is 0 Å². The van der Waals surface area contributed by atoms with Crippen molar-refractivity contribution in [1.82, 2.24) is 0 Å². The molecule has 1 atom stereocenters. The lowest BCUT2D eigenvalue weighted by molar-refractivity contribution is -0.384. The van der Waals surface area contributed by atoms with Crippen LogP contribution in [0, 0.1) is 10.1 Å². The van der Waals surface area contributed by atoms with Gasteiger partial charge in [-0.15, -0.1) is 0 Å². The first kappa shape index (κ1) is 13.2. The van der Waals surface area contributed by atoms with E-state index in [0.29, 0.717) is 11.1 Å². The van der Waals surface area contributed by atoms with Gasteiger partial charge in [-0.05, 0) is 29.3 Å². The van der Waals surface area contributed by atoms with Gasteiger partial charge in [-0.2, -0.15) is 0 Å². The van der Waals surface area contributed by atoms with Crippen molar-refractivity contribution in [3.63, 3.8) is 0 Å². The first-order chi connectivity index (χ1) is 10.0. The quantitative estimate of drug-likeness (QED) is 0.677. The predicted octanol–water partition coefficient (Wildman–Crippen LogP) is 2.43. The molecule has 0 aliphatic heterocycles. The lowest BCUT2D eigenvalue weighted by Gasteiger charge is -2.30. The molecule has 3 rings (SSSR count). The Morgan fingerprint density at radius 1 is 1.00 bits per heavy atom. The van der Waals surface area contributed by atoms with Crippen molar-refractivity contribution in [2.75, 3.05) is 0 Å². The van der Waals surface area contributed by atoms with Gasteiger partial charge in [0.1, 0.15) is 0 Å². The number of carbonyl (C=O) groups is 1. The maximum Gasteiger partial charge on any atom is 0.269 e. The fourth-order valence-corrected chi connectivity index (χ4v) is 2.51. The lowest BCUT2D eigenvalue weighted by atomic mass is 9.77. The molecule has 0 heterocycles. The average molecular weight is 281 g/mol. The highest BCUT2D eigenvalue weighted by molar-refractivity contribution is 6.06. The van der Waals surface area contributed by atoms with E-state index in [9.17, 15) is 20.0 Å². The summed E-state index contributed by atoms with van der Waals surface area (Å²) in [4.78, 5) is 22.4. The summed E-state index contributed by atoms with van der Waals surface area (Å²) in [6, 6.07) is 12.4. The van der Waals surface area contributed by atoms with E-state index in [1.54, 1.807) is 24.3 Å². The monoisotopic (exact) mass is 281 g/mol. The van der Waals surface area contributed by atoms with Crippen LogP contribution in [0.25, 0.3) is 6.08 Å². The summed E-state index contributed by atoms with van der Waals surface area (Å²) in [6.07, 6.45) is 2.97. The number of nitro groups is 1. The first-order valence-corrected chi connectivity index (χ1v) is 6.33. The molecule has 2 aromatic rings. The van der Waals surface area contributed by atoms with Gasteiger partial charge in [-0.3, -0.25) is 14.9 Å². The van der Waals surface area contributed by atoms with Crippen molar-refractivity contribution < 1.29 is 14.8 Å². The molecule has 1 aliphatic carbocycles. The summed E-state index contributed by atoms with van der Waals surface area (Å²) in [5.74, 6) is -0.463. The van der Waals surface area contributed by atoms with Gasteiger partial charge < -0.3 is 5.11 Å². The molecule has 5 heteroatoms. The number of rotatable bonds is 2. The summed E-state index contributed by atoms with van der Waals surface area (Å²) in [5, 5.41) is 21.6. The molecule has 0 bridgehead atoms. The molecular formula is C16H11NO4. The number of ketones is 1. The topological polar surface area (TPSA) is 80.4 Å². The summed E-state index contributed by atoms with van der Waals surface area (Å²) < 4.78 is 0. The fraction of sp³-hybridized carbons (Fsp3) is 0.0625. The third kappa shape index (κ3) is 1.95. The van der Waals surface area contributed by atoms with E-state index < -0.39 is 16.3 Å². The first-order valence-electron chi connectivity index (χ1n) is 6.33. The van der Waals surface area contributed by atoms with Crippen LogP contribution in [0.4, 0.5) is 5.69 Å². The van der Waals surface area contributed by atoms with Gasteiger partial charge in [0.15, 0.2) is 11.4 Å². The van der Waals surface area contributed by atoms with Gasteiger partial charge in [0, 0.05) is 17.7 Å². The van der Waals surface area contributed by atoms with Crippen LogP contribution in [0.5, 0.6) is 0 Å². The Morgan fingerprint density at radius 3 is 2.33 bits per heavy atom. The van der Waals surface area contributed by atoms with E-state index in [0.717, 1.165) is 5.56 Å². The van der Waals surface area contributed by atoms with Crippen LogP contribution in [0.3, 0.4) is 0 Å². The number of nitrogens with zero attached hydrogens (tertiary/aromatic N) is 1. The third-order valence-corrected chi connectivity index (χ3v) is 3.62. The van der Waals surface area contributed by atoms with Crippen LogP contribution in [0.1, 0.15) is 16.7 Å². The second-order valence-corrected chi connectivity index (χ2v) is 4.80. The van der Waals surface area contributed by atoms with E-state index in [4.69, 9.17) is 0 Å². The maximum absolute atomic E-state index is 12.2. The maximum atomic E-state index is 12.2. The normalized spacial score (nSPS) is 20.1. The molecule has 2 aromatic carbocycles. The van der Waals surface area contributed by atoms with Crippen molar-refractivity contribution in [2.45, 2.75) is 5.60 Å². The zero-order chi connectivity index (χ0) is 15.0. The zero-order valence-electron chi connectivity index (χ0n) is 10.9. The molecule has 5 nitrogen and oxygen atoms in total. The minimum atomic E-state index is -1.81. The number of carbonyl (C=O) groups excluding carboxylic acids is 1. The predicted molar refractivity (Wildman–Crippen MR) is 76.6 cm³/mol. The fourth-order valence-electron chi connectivity index (χ4n) is 2.51. The molecule has 21 heavy (non-hydrogen) atoms. The SMILES string of the molecule is O=C1C=Cc2ccccc2C1(O)c1ccc([N+](=O)[O-])cc1. The number of aliphatic hydroxyl groups is 1. The summed E-state index contributed by atoms with van der Waals surface area (Å²) in [7, 11) is 0. The van der Waals surface area contributed by atoms with E-state index in [-0.39, 0.29) is 5.69 Å². The second kappa shape index (κ2) is 4.64. The highest BCUT2D eigenvalue weighted by atomic mass is 16.6. The summed E-state index contributed by atoms with van der Waals surface area (Å²) in [6.45, 7) is 0. The standard InChI is InChI=1S/C16H11NO4/c18-15-10-5-11-3-1-2-4-14(11)16(15,19)12-6-8-13(9-7-12)17(20)21/h1-10,19H. The molecule has 0 spiro atoms. The molecule has 1 N–H and O–H groups in total. The van der Waals surface area contributed by atoms with Gasteiger partial charge in [-0.1, -0.05) is 30.3 Å². The highest BCUT2D eigenvalue weighted by Crippen LogP contribution is 2.37. The van der Waals surface area contributed by atoms with Crippen LogP contribution in [0.2, 0.25) is 0 Å². The second-order valence-electron chi connectivity index (χ2n) is 4.80. The Kier molecular flexibility index (Phi) is 2.92. The van der Waals surface area contributed by atoms with E-state index in [1.807, 2.05) is 6.07 Å². The minimum absolute atomic E-state index is 0.0885. The van der Waals surface area contributed by atoms with Crippen LogP contribution >= 0.6 is 0 Å². The number of hydrogen-bond acceptors (Lipinski definition) is 4. The largest absolute Gasteiger partial charge is 0.373 e. The average Bonchev–Trinajstić information content (AvgIpc) is 2.51. The number of nitro benzene ring substituents is 1. The van der Waals surface area contributed by atoms with Crippen molar-refractivity contribution >= 4 is 17.5 Å². The molecule has 1 unspecified atom stereocenters. The Labute approximate surface area is 120 Å². The summed E-state index contributed by atoms with van der Waals surface area (Å²) >= 11 is 0. The van der Waals surface area contributed by atoms with Crippen molar-refractivity contribution in [3.05, 3.63) is 81.4 Å². The molecule has 104 valence electrons. The molecule has 0 saturated carbocycles. The Bertz CT molecular complexity index is 764. The number of fused-ring (bicyclic) bond motifs is 1. The molecule has 1 aliphatic rings. The molecule has 0 amide bonds. The van der Waals surface area contributed by atoms with Gasteiger partial charge >= 0.3 is 0 Å². The molecule has 0 fully saturated rings. The Balaban J connectivity index is 2.17. The molecule has 0 aromatic heterocycles. The van der Waals surface area contributed by atoms with Gasteiger partial charge in [0.05, 0.1) is 4.92 Å². The molecular weight excluding hydrogens is 270 g/mol. The van der Waals surface area contributed by atoms with Crippen molar-refractivity contribution in [2.24, 2.45) is 0 Å². The van der Waals surface area contributed by atoms with Crippen molar-refractivity contribution in [1.29, 1.82) is 0 Å². The zero-order valence-corrected chi connectivity index (χ0v) is 10.9. The Morgan fingerprint density at radius 2 is 1.67 bits per heavy atom. The number of hydrogen-bond donors (Lipinski definition) is 1. The summed E-state index contributed by atoms with van der Waals surface area (Å²) in [5.41, 5.74) is -0.353. The molecule has 0 radical (unpaired) electrons. The minimum Gasteiger partial charge on any atom is -0.373 e. The Hall–Kier alpha value is -2.79. The van der Waals surface area contributed by atoms with E-state index >= 15 is 0 Å². The van der Waals surface area contributed by atoms with Crippen molar-refractivity contribution in [3.8, 4) is 0 Å². The number of benzene rings is 2. The van der Waals surface area contributed by atoms with Crippen LogP contribution in [0.15, 0.2) is 54.6 Å². The van der Waals surface area contributed by atoms with Gasteiger partial charge in [0.2, 0.25) is 0 Å². The number of non-ortho nitro benzene ring substituents is 1. The van der Waals surface area contributed by atoms with Gasteiger partial charge in [0.25, 0.3) is 5.69 Å². The van der Waals surface area contributed by atoms with Crippen LogP contribution in [-0.4, -0.2) is 15.8 Å². The highest BCUT2D eigenvalue weighted by Gasteiger charge is 2.41. The third-order valence-electron chi connectivity index (χ3n) is 3.62. The lowest BCUT2D eigenvalue weighted by Crippen LogP contribution is -2.38. The molecule has 0 saturated heterocycles. The van der Waals surface area contributed by atoms with Crippen LogP contribution in [-0.2, 0) is 10.4 Å². The van der Waals surface area contributed by atoms with E-state index in [1.165, 1.54) is 30.3 Å².